The number of carbonyl (C=O) groups is 3. The Labute approximate surface area is 197 Å². The summed E-state index contributed by atoms with van der Waals surface area (Å²) in [5.41, 5.74) is 5.79. The van der Waals surface area contributed by atoms with Crippen LogP contribution in [0.2, 0.25) is 0 Å². The molecule has 0 radical (unpaired) electrons. The zero-order valence-corrected chi connectivity index (χ0v) is 18.6. The number of carboxylic acids is 1. The van der Waals surface area contributed by atoms with Gasteiger partial charge in [-0.15, -0.1) is 0 Å². The van der Waals surface area contributed by atoms with Crippen LogP contribution < -0.4 is 10.2 Å². The summed E-state index contributed by atoms with van der Waals surface area (Å²) in [6, 6.07) is 21.2. The van der Waals surface area contributed by atoms with E-state index in [1.165, 1.54) is 11.8 Å². The van der Waals surface area contributed by atoms with Crippen molar-refractivity contribution < 1.29 is 24.2 Å². The number of alkyl carbamates (subject to hydrolysis) is 1. The Morgan fingerprint density at radius 1 is 0.971 bits per heavy atom. The summed E-state index contributed by atoms with van der Waals surface area (Å²) in [5.74, 6) is -1.67. The first kappa shape index (κ1) is 21.7. The summed E-state index contributed by atoms with van der Waals surface area (Å²) in [4.78, 5) is 38.8. The van der Waals surface area contributed by atoms with E-state index < -0.39 is 30.1 Å². The maximum Gasteiger partial charge on any atom is 0.407 e. The molecule has 1 unspecified atom stereocenters. The zero-order valence-electron chi connectivity index (χ0n) is 18.6. The van der Waals surface area contributed by atoms with E-state index in [1.807, 2.05) is 48.5 Å². The molecule has 7 nitrogen and oxygen atoms in total. The molecular formula is C27H24N2O5. The minimum Gasteiger partial charge on any atom is -0.480 e. The van der Waals surface area contributed by atoms with Gasteiger partial charge in [0, 0.05) is 18.0 Å². The van der Waals surface area contributed by atoms with Gasteiger partial charge < -0.3 is 15.2 Å². The van der Waals surface area contributed by atoms with E-state index in [2.05, 4.69) is 17.4 Å². The SMILES string of the molecule is C[C@H](NC(=O)OCC1c2ccccc2-c2ccccc21)C(=O)N1c2ccccc2CC1C(=O)O. The first-order valence-corrected chi connectivity index (χ1v) is 11.2. The number of carbonyl (C=O) groups excluding carboxylic acids is 2. The fraction of sp³-hybridized carbons (Fsp3) is 0.222. The van der Waals surface area contributed by atoms with Crippen molar-refractivity contribution in [2.75, 3.05) is 11.5 Å². The number of hydrogen-bond donors (Lipinski definition) is 2. The molecule has 1 aliphatic carbocycles. The molecule has 0 saturated carbocycles. The van der Waals surface area contributed by atoms with E-state index in [-0.39, 0.29) is 18.9 Å². The van der Waals surface area contributed by atoms with Crippen molar-refractivity contribution in [2.45, 2.75) is 31.3 Å². The van der Waals surface area contributed by atoms with Gasteiger partial charge in [0.25, 0.3) is 0 Å². The van der Waals surface area contributed by atoms with Gasteiger partial charge in [0.2, 0.25) is 5.91 Å². The van der Waals surface area contributed by atoms with Gasteiger partial charge in [-0.25, -0.2) is 9.59 Å². The molecule has 0 fully saturated rings. The highest BCUT2D eigenvalue weighted by molar-refractivity contribution is 6.05. The van der Waals surface area contributed by atoms with Crippen LogP contribution in [-0.2, 0) is 20.7 Å². The average Bonchev–Trinajstić information content (AvgIpc) is 3.39. The van der Waals surface area contributed by atoms with Crippen LogP contribution in [0.1, 0.15) is 29.5 Å². The van der Waals surface area contributed by atoms with E-state index in [0.717, 1.165) is 27.8 Å². The second-order valence-electron chi connectivity index (χ2n) is 8.59. The van der Waals surface area contributed by atoms with Crippen LogP contribution in [-0.4, -0.2) is 41.8 Å². The third-order valence-corrected chi connectivity index (χ3v) is 6.55. The standard InChI is InChI=1S/C27H24N2O5/c1-16(25(30)29-23-13-7-2-8-17(23)14-24(29)26(31)32)28-27(33)34-15-22-20-11-5-3-9-18(20)19-10-4-6-12-21(19)22/h2-13,16,22,24H,14-15H2,1H3,(H,28,33)(H,31,32)/t16-,24?/m0/s1. The highest BCUT2D eigenvalue weighted by Gasteiger charge is 2.40. The van der Waals surface area contributed by atoms with Gasteiger partial charge in [-0.05, 0) is 40.8 Å². The summed E-state index contributed by atoms with van der Waals surface area (Å²) in [6.45, 7) is 1.66. The van der Waals surface area contributed by atoms with Crippen molar-refractivity contribution in [1.29, 1.82) is 0 Å². The van der Waals surface area contributed by atoms with Gasteiger partial charge in [0.1, 0.15) is 18.7 Å². The van der Waals surface area contributed by atoms with E-state index in [1.54, 1.807) is 12.1 Å². The smallest absolute Gasteiger partial charge is 0.407 e. The predicted molar refractivity (Wildman–Crippen MR) is 127 cm³/mol. The van der Waals surface area contributed by atoms with Crippen molar-refractivity contribution in [1.82, 2.24) is 5.32 Å². The number of nitrogens with zero attached hydrogens (tertiary/aromatic N) is 1. The molecular weight excluding hydrogens is 432 g/mol. The third kappa shape index (κ3) is 3.69. The van der Waals surface area contributed by atoms with Crippen LogP contribution >= 0.6 is 0 Å². The Hall–Kier alpha value is -4.13. The lowest BCUT2D eigenvalue weighted by Gasteiger charge is -2.26. The second kappa shape index (κ2) is 8.67. The Morgan fingerprint density at radius 3 is 2.21 bits per heavy atom. The summed E-state index contributed by atoms with van der Waals surface area (Å²) < 4.78 is 5.53. The van der Waals surface area contributed by atoms with Crippen molar-refractivity contribution >= 4 is 23.7 Å². The number of para-hydroxylation sites is 1. The molecule has 0 bridgehead atoms. The number of carboxylic acid groups (broad SMARTS) is 1. The van der Waals surface area contributed by atoms with Crippen LogP contribution in [0.4, 0.5) is 10.5 Å². The van der Waals surface area contributed by atoms with Gasteiger partial charge in [-0.3, -0.25) is 9.69 Å². The number of hydrogen-bond acceptors (Lipinski definition) is 4. The lowest BCUT2D eigenvalue weighted by atomic mass is 9.98. The molecule has 0 spiro atoms. The number of nitrogens with one attached hydrogen (secondary N) is 1. The maximum absolute atomic E-state index is 13.1. The van der Waals surface area contributed by atoms with Crippen molar-refractivity contribution in [2.24, 2.45) is 0 Å². The van der Waals surface area contributed by atoms with Gasteiger partial charge >= 0.3 is 12.1 Å². The Kier molecular flexibility index (Phi) is 5.53. The summed E-state index contributed by atoms with van der Waals surface area (Å²) in [6.07, 6.45) is -0.489. The maximum atomic E-state index is 13.1. The molecule has 34 heavy (non-hydrogen) atoms. The number of aliphatic carboxylic acids is 1. The van der Waals surface area contributed by atoms with Crippen LogP contribution in [0.5, 0.6) is 0 Å². The van der Waals surface area contributed by atoms with Crippen molar-refractivity contribution in [3.8, 4) is 11.1 Å². The number of amides is 2. The quantitative estimate of drug-likeness (QED) is 0.606. The van der Waals surface area contributed by atoms with Gasteiger partial charge in [0.15, 0.2) is 0 Å². The van der Waals surface area contributed by atoms with Gasteiger partial charge in [-0.1, -0.05) is 66.7 Å². The van der Waals surface area contributed by atoms with Crippen LogP contribution in [0.3, 0.4) is 0 Å². The number of anilines is 1. The molecule has 0 aromatic heterocycles. The Bertz CT molecular complexity index is 1240. The van der Waals surface area contributed by atoms with E-state index in [0.29, 0.717) is 5.69 Å². The molecule has 2 aliphatic rings. The molecule has 2 atom stereocenters. The normalized spacial score (nSPS) is 16.9. The number of benzene rings is 3. The largest absolute Gasteiger partial charge is 0.480 e. The fourth-order valence-electron chi connectivity index (χ4n) is 4.94. The van der Waals surface area contributed by atoms with Crippen molar-refractivity contribution in [3.63, 3.8) is 0 Å². The van der Waals surface area contributed by atoms with Crippen LogP contribution in [0.15, 0.2) is 72.8 Å². The van der Waals surface area contributed by atoms with Gasteiger partial charge in [-0.2, -0.15) is 0 Å². The summed E-state index contributed by atoms with van der Waals surface area (Å²) in [7, 11) is 0. The molecule has 2 N–H and O–H groups in total. The Morgan fingerprint density at radius 2 is 1.56 bits per heavy atom. The molecule has 3 aromatic rings. The fourth-order valence-corrected chi connectivity index (χ4v) is 4.94. The lowest BCUT2D eigenvalue weighted by Crippen LogP contribution is -2.52. The first-order chi connectivity index (χ1) is 16.5. The molecule has 5 rings (SSSR count). The third-order valence-electron chi connectivity index (χ3n) is 6.55. The highest BCUT2D eigenvalue weighted by atomic mass is 16.5. The van der Waals surface area contributed by atoms with Crippen molar-refractivity contribution in [3.05, 3.63) is 89.5 Å². The lowest BCUT2D eigenvalue weighted by molar-refractivity contribution is -0.140. The monoisotopic (exact) mass is 456 g/mol. The molecule has 2 amide bonds. The topological polar surface area (TPSA) is 95.9 Å². The first-order valence-electron chi connectivity index (χ1n) is 11.2. The number of rotatable bonds is 5. The molecule has 172 valence electrons. The molecule has 1 heterocycles. The predicted octanol–water partition coefficient (Wildman–Crippen LogP) is 3.96. The second-order valence-corrected chi connectivity index (χ2v) is 8.59. The molecule has 7 heteroatoms. The molecule has 1 aliphatic heterocycles. The number of fused-ring (bicyclic) bond motifs is 4. The minimum atomic E-state index is -1.09. The highest BCUT2D eigenvalue weighted by Crippen LogP contribution is 2.44. The summed E-state index contributed by atoms with van der Waals surface area (Å²) >= 11 is 0. The summed E-state index contributed by atoms with van der Waals surface area (Å²) in [5, 5.41) is 12.2. The van der Waals surface area contributed by atoms with E-state index in [9.17, 15) is 19.5 Å². The minimum absolute atomic E-state index is 0.0917. The Balaban J connectivity index is 1.27. The van der Waals surface area contributed by atoms with E-state index in [4.69, 9.17) is 4.74 Å². The molecule has 3 aromatic carbocycles. The number of ether oxygens (including phenoxy) is 1. The average molecular weight is 456 g/mol. The molecule has 0 saturated heterocycles. The zero-order chi connectivity index (χ0) is 23.8. The van der Waals surface area contributed by atoms with E-state index >= 15 is 0 Å². The van der Waals surface area contributed by atoms with Gasteiger partial charge in [0.05, 0.1) is 0 Å². The van der Waals surface area contributed by atoms with Crippen LogP contribution in [0, 0.1) is 0 Å². The van der Waals surface area contributed by atoms with Crippen LogP contribution in [0.25, 0.3) is 11.1 Å².